The Hall–Kier alpha value is -3.18. The van der Waals surface area contributed by atoms with Crippen LogP contribution >= 0.6 is 0 Å². The minimum atomic E-state index is -1.13. The molecule has 0 aromatic heterocycles. The van der Waals surface area contributed by atoms with Crippen molar-refractivity contribution in [1.82, 2.24) is 10.2 Å². The number of benzene rings is 1. The highest BCUT2D eigenvalue weighted by atomic mass is 16.6. The van der Waals surface area contributed by atoms with Gasteiger partial charge in [-0.1, -0.05) is 30.3 Å². The number of amides is 2. The summed E-state index contributed by atoms with van der Waals surface area (Å²) in [6, 6.07) is 7.25. The molecule has 11 nitrogen and oxygen atoms in total. The third-order valence-corrected chi connectivity index (χ3v) is 4.47. The van der Waals surface area contributed by atoms with Crippen molar-refractivity contribution in [2.24, 2.45) is 0 Å². The van der Waals surface area contributed by atoms with Crippen molar-refractivity contribution in [3.05, 3.63) is 35.9 Å². The number of esters is 1. The van der Waals surface area contributed by atoms with Crippen molar-refractivity contribution in [3.63, 3.8) is 0 Å². The van der Waals surface area contributed by atoms with Crippen LogP contribution in [0.3, 0.4) is 0 Å². The second-order valence-electron chi connectivity index (χ2n) is 10.2. The number of carbonyl (C=O) groups is 4. The van der Waals surface area contributed by atoms with E-state index in [0.29, 0.717) is 6.29 Å². The fourth-order valence-corrected chi connectivity index (χ4v) is 2.92. The normalized spacial score (nSPS) is 13.2. The SMILES string of the molecule is COC[C@H](NC(=O)OC(C)(C)C)C(=O)OCCN(C(=O)OC(C)(C)C)C(C=O)COCc1ccccc1. The number of rotatable bonds is 13. The van der Waals surface area contributed by atoms with E-state index in [1.54, 1.807) is 41.5 Å². The largest absolute Gasteiger partial charge is 0.462 e. The zero-order valence-corrected chi connectivity index (χ0v) is 22.8. The fraction of sp³-hybridized carbons (Fsp3) is 0.615. The zero-order chi connectivity index (χ0) is 28.1. The first-order valence-corrected chi connectivity index (χ1v) is 12.0. The predicted molar refractivity (Wildman–Crippen MR) is 135 cm³/mol. The van der Waals surface area contributed by atoms with Crippen LogP contribution in [0.25, 0.3) is 0 Å². The van der Waals surface area contributed by atoms with Gasteiger partial charge >= 0.3 is 18.2 Å². The molecular formula is C26H40N2O9. The molecule has 0 radical (unpaired) electrons. The van der Waals surface area contributed by atoms with Crippen LogP contribution in [0.15, 0.2) is 30.3 Å². The molecule has 1 unspecified atom stereocenters. The Kier molecular flexibility index (Phi) is 13.0. The molecule has 2 atom stereocenters. The number of hydrogen-bond donors (Lipinski definition) is 1. The molecule has 11 heteroatoms. The van der Waals surface area contributed by atoms with Crippen LogP contribution in [-0.2, 0) is 39.9 Å². The first-order valence-electron chi connectivity index (χ1n) is 12.0. The number of nitrogens with zero attached hydrogens (tertiary/aromatic N) is 1. The van der Waals surface area contributed by atoms with E-state index >= 15 is 0 Å². The predicted octanol–water partition coefficient (Wildman–Crippen LogP) is 3.09. The first-order chi connectivity index (χ1) is 17.3. The number of carbonyl (C=O) groups excluding carboxylic acids is 4. The molecule has 0 aliphatic rings. The molecule has 1 aromatic rings. The maximum Gasteiger partial charge on any atom is 0.411 e. The van der Waals surface area contributed by atoms with Gasteiger partial charge in [0, 0.05) is 7.11 Å². The van der Waals surface area contributed by atoms with Crippen molar-refractivity contribution in [1.29, 1.82) is 0 Å². The van der Waals surface area contributed by atoms with Crippen molar-refractivity contribution in [3.8, 4) is 0 Å². The van der Waals surface area contributed by atoms with E-state index < -0.39 is 41.4 Å². The third kappa shape index (κ3) is 13.6. The molecule has 1 aromatic carbocycles. The summed E-state index contributed by atoms with van der Waals surface area (Å²) in [5, 5.41) is 2.40. The van der Waals surface area contributed by atoms with E-state index in [1.807, 2.05) is 30.3 Å². The van der Waals surface area contributed by atoms with Crippen LogP contribution in [0.2, 0.25) is 0 Å². The molecule has 37 heavy (non-hydrogen) atoms. The number of ether oxygens (including phenoxy) is 5. The Morgan fingerprint density at radius 3 is 2.14 bits per heavy atom. The van der Waals surface area contributed by atoms with Gasteiger partial charge in [-0.2, -0.15) is 0 Å². The highest BCUT2D eigenvalue weighted by molar-refractivity contribution is 5.81. The van der Waals surface area contributed by atoms with Crippen molar-refractivity contribution >= 4 is 24.4 Å². The van der Waals surface area contributed by atoms with Crippen LogP contribution in [-0.4, -0.2) is 86.1 Å². The Bertz CT molecular complexity index is 863. The highest BCUT2D eigenvalue weighted by Gasteiger charge is 2.30. The Morgan fingerprint density at radius 1 is 0.973 bits per heavy atom. The molecule has 0 saturated carbocycles. The maximum atomic E-state index is 12.8. The fourth-order valence-electron chi connectivity index (χ4n) is 2.92. The minimum Gasteiger partial charge on any atom is -0.462 e. The molecule has 0 bridgehead atoms. The van der Waals surface area contributed by atoms with Crippen LogP contribution in [0.5, 0.6) is 0 Å². The van der Waals surface area contributed by atoms with E-state index in [9.17, 15) is 19.2 Å². The van der Waals surface area contributed by atoms with Gasteiger partial charge in [0.05, 0.1) is 26.4 Å². The average Bonchev–Trinajstić information content (AvgIpc) is 2.78. The lowest BCUT2D eigenvalue weighted by Crippen LogP contribution is -2.49. The van der Waals surface area contributed by atoms with Crippen LogP contribution in [0.1, 0.15) is 47.1 Å². The summed E-state index contributed by atoms with van der Waals surface area (Å²) >= 11 is 0. The average molecular weight is 525 g/mol. The second kappa shape index (κ2) is 15.2. The third-order valence-electron chi connectivity index (χ3n) is 4.47. The Balaban J connectivity index is 2.81. The second-order valence-corrected chi connectivity index (χ2v) is 10.2. The van der Waals surface area contributed by atoms with Gasteiger partial charge in [-0.3, -0.25) is 4.90 Å². The first kappa shape index (κ1) is 31.8. The van der Waals surface area contributed by atoms with E-state index in [-0.39, 0.29) is 33.0 Å². The molecule has 0 heterocycles. The van der Waals surface area contributed by atoms with Gasteiger partial charge in [-0.05, 0) is 47.1 Å². The van der Waals surface area contributed by atoms with Gasteiger partial charge in [0.15, 0.2) is 6.04 Å². The maximum absolute atomic E-state index is 12.8. The Morgan fingerprint density at radius 2 is 1.59 bits per heavy atom. The molecule has 1 rings (SSSR count). The molecule has 0 spiro atoms. The zero-order valence-electron chi connectivity index (χ0n) is 22.8. The molecule has 0 aliphatic carbocycles. The van der Waals surface area contributed by atoms with Gasteiger partial charge in [0.25, 0.3) is 0 Å². The topological polar surface area (TPSA) is 130 Å². The summed E-state index contributed by atoms with van der Waals surface area (Å²) in [6.45, 7) is 9.75. The van der Waals surface area contributed by atoms with Crippen molar-refractivity contribution in [2.75, 3.05) is 33.5 Å². The van der Waals surface area contributed by atoms with Gasteiger partial charge in [0.1, 0.15) is 30.1 Å². The summed E-state index contributed by atoms with van der Waals surface area (Å²) in [7, 11) is 1.37. The summed E-state index contributed by atoms with van der Waals surface area (Å²) < 4.78 is 26.5. The van der Waals surface area contributed by atoms with Crippen LogP contribution < -0.4 is 5.32 Å². The molecule has 0 saturated heterocycles. The van der Waals surface area contributed by atoms with E-state index in [1.165, 1.54) is 7.11 Å². The number of hydrogen-bond acceptors (Lipinski definition) is 9. The van der Waals surface area contributed by atoms with Gasteiger partial charge < -0.3 is 33.8 Å². The molecular weight excluding hydrogens is 484 g/mol. The lowest BCUT2D eigenvalue weighted by molar-refractivity contribution is -0.148. The molecule has 208 valence electrons. The Labute approximate surface area is 218 Å². The molecule has 1 N–H and O–H groups in total. The van der Waals surface area contributed by atoms with Crippen LogP contribution in [0.4, 0.5) is 9.59 Å². The van der Waals surface area contributed by atoms with E-state index in [2.05, 4.69) is 5.32 Å². The van der Waals surface area contributed by atoms with Crippen molar-refractivity contribution in [2.45, 2.75) is 71.4 Å². The summed E-state index contributed by atoms with van der Waals surface area (Å²) in [4.78, 5) is 50.5. The van der Waals surface area contributed by atoms with E-state index in [4.69, 9.17) is 23.7 Å². The quantitative estimate of drug-likeness (QED) is 0.235. The molecule has 2 amide bonds. The van der Waals surface area contributed by atoms with Crippen molar-refractivity contribution < 1.29 is 42.9 Å². The molecule has 0 fully saturated rings. The van der Waals surface area contributed by atoms with Crippen LogP contribution in [0, 0.1) is 0 Å². The summed E-state index contributed by atoms with van der Waals surface area (Å²) in [5.41, 5.74) is -0.663. The van der Waals surface area contributed by atoms with Gasteiger partial charge in [-0.15, -0.1) is 0 Å². The minimum absolute atomic E-state index is 0.0852. The smallest absolute Gasteiger partial charge is 0.411 e. The van der Waals surface area contributed by atoms with E-state index in [0.717, 1.165) is 10.5 Å². The monoisotopic (exact) mass is 524 g/mol. The number of aldehydes is 1. The van der Waals surface area contributed by atoms with Gasteiger partial charge in [-0.25, -0.2) is 14.4 Å². The lowest BCUT2D eigenvalue weighted by Gasteiger charge is -2.31. The molecule has 0 aliphatic heterocycles. The standard InChI is InChI=1S/C26H40N2O9/c1-25(2,3)36-23(31)27-21(18-33-7)22(30)35-14-13-28(24(32)37-26(4,5)6)20(15-29)17-34-16-19-11-9-8-10-12-19/h8-12,15,20-21H,13-14,16-18H2,1-7H3,(H,27,31)/t20?,21-/m0/s1. The summed E-state index contributed by atoms with van der Waals surface area (Å²) in [5.74, 6) is -0.792. The number of nitrogens with one attached hydrogen (secondary N) is 1. The lowest BCUT2D eigenvalue weighted by atomic mass is 10.2. The number of methoxy groups -OCH3 is 1. The number of alkyl carbamates (subject to hydrolysis) is 1. The summed E-state index contributed by atoms with van der Waals surface area (Å²) in [6.07, 6.45) is -0.989. The van der Waals surface area contributed by atoms with Gasteiger partial charge in [0.2, 0.25) is 0 Å². The highest BCUT2D eigenvalue weighted by Crippen LogP contribution is 2.13.